The Morgan fingerprint density at radius 3 is 1.89 bits per heavy atom. The van der Waals surface area contributed by atoms with Crippen LogP contribution in [-0.2, 0) is 32.7 Å². The van der Waals surface area contributed by atoms with Gasteiger partial charge in [-0.3, -0.25) is 4.98 Å². The SMILES string of the molecule is C.Cc1c[c-]c(C)nc1.Cc1cc(C)c(C)cn1.[Y]. The first kappa shape index (κ1) is 20.7. The molecule has 3 heteroatoms. The van der Waals surface area contributed by atoms with Crippen molar-refractivity contribution < 1.29 is 32.7 Å². The Morgan fingerprint density at radius 2 is 1.53 bits per heavy atom. The molecule has 0 aliphatic heterocycles. The normalized spacial score (nSPS) is 8.47. The minimum absolute atomic E-state index is 0. The zero-order valence-corrected chi connectivity index (χ0v) is 14.6. The van der Waals surface area contributed by atoms with Gasteiger partial charge in [0, 0.05) is 44.6 Å². The third-order valence-electron chi connectivity index (χ3n) is 2.48. The summed E-state index contributed by atoms with van der Waals surface area (Å²) in [6.07, 6.45) is 3.75. The summed E-state index contributed by atoms with van der Waals surface area (Å²) in [6, 6.07) is 7.01. The number of aromatic nitrogens is 2. The van der Waals surface area contributed by atoms with E-state index in [0.717, 1.165) is 17.0 Å². The summed E-state index contributed by atoms with van der Waals surface area (Å²) in [7, 11) is 0. The third kappa shape index (κ3) is 8.23. The molecule has 0 saturated heterocycles. The molecule has 2 rings (SSSR count). The topological polar surface area (TPSA) is 25.8 Å². The van der Waals surface area contributed by atoms with Crippen LogP contribution in [0.5, 0.6) is 0 Å². The average Bonchev–Trinajstić information content (AvgIpc) is 2.29. The Labute approximate surface area is 143 Å². The molecule has 0 bridgehead atoms. The van der Waals surface area contributed by atoms with Crippen LogP contribution in [0.3, 0.4) is 0 Å². The number of hydrogen-bond donors (Lipinski definition) is 0. The van der Waals surface area contributed by atoms with Crippen molar-refractivity contribution in [1.29, 1.82) is 0 Å². The predicted octanol–water partition coefficient (Wildman–Crippen LogP) is 4.14. The van der Waals surface area contributed by atoms with E-state index < -0.39 is 0 Å². The Bertz CT molecular complexity index is 458. The zero-order chi connectivity index (χ0) is 12.8. The van der Waals surface area contributed by atoms with Crippen molar-refractivity contribution in [2.24, 2.45) is 0 Å². The van der Waals surface area contributed by atoms with E-state index in [1.807, 2.05) is 39.2 Å². The maximum atomic E-state index is 4.14. The second-order valence-electron chi connectivity index (χ2n) is 4.29. The van der Waals surface area contributed by atoms with Gasteiger partial charge in [0.2, 0.25) is 0 Å². The van der Waals surface area contributed by atoms with Crippen molar-refractivity contribution in [3.8, 4) is 0 Å². The molecular weight excluding hydrogens is 309 g/mol. The molecule has 2 aromatic rings. The quantitative estimate of drug-likeness (QED) is 0.678. The van der Waals surface area contributed by atoms with Crippen LogP contribution in [0.15, 0.2) is 24.5 Å². The van der Waals surface area contributed by atoms with Crippen LogP contribution in [0.1, 0.15) is 35.5 Å². The minimum atomic E-state index is 0. The summed E-state index contributed by atoms with van der Waals surface area (Å²) in [4.78, 5) is 8.16. The third-order valence-corrected chi connectivity index (χ3v) is 2.48. The Kier molecular flexibility index (Phi) is 11.1. The molecule has 0 aliphatic rings. The predicted molar refractivity (Wildman–Crippen MR) is 77.7 cm³/mol. The second-order valence-corrected chi connectivity index (χ2v) is 4.29. The first-order valence-corrected chi connectivity index (χ1v) is 5.70. The number of aryl methyl sites for hydroxylation is 5. The van der Waals surface area contributed by atoms with Gasteiger partial charge in [-0.1, -0.05) is 19.3 Å². The second kappa shape index (κ2) is 10.2. The van der Waals surface area contributed by atoms with E-state index in [0.29, 0.717) is 0 Å². The molecule has 0 saturated carbocycles. The summed E-state index contributed by atoms with van der Waals surface area (Å²) < 4.78 is 0. The largest absolute Gasteiger partial charge is 0.301 e. The van der Waals surface area contributed by atoms with E-state index in [9.17, 15) is 0 Å². The van der Waals surface area contributed by atoms with Crippen LogP contribution in [0.25, 0.3) is 0 Å². The maximum absolute atomic E-state index is 4.14. The van der Waals surface area contributed by atoms with Gasteiger partial charge in [0.25, 0.3) is 0 Å². The fourth-order valence-electron chi connectivity index (χ4n) is 1.26. The van der Waals surface area contributed by atoms with Crippen LogP contribution in [0, 0.1) is 40.7 Å². The van der Waals surface area contributed by atoms with Crippen LogP contribution >= 0.6 is 0 Å². The molecule has 1 radical (unpaired) electrons. The standard InChI is InChI=1S/C8H11N.C7H8N.CH4.Y/c1-6-4-8(3)9-5-7(6)2;1-6-3-4-7(2)8-5-6;;/h4-5H,1-3H3;3,5H,1-2H3;1H4;/q;-1;;. The van der Waals surface area contributed by atoms with Crippen molar-refractivity contribution in [3.05, 3.63) is 58.7 Å². The van der Waals surface area contributed by atoms with Crippen molar-refractivity contribution in [1.82, 2.24) is 9.97 Å². The number of hydrogen-bond acceptors (Lipinski definition) is 2. The molecule has 0 atom stereocenters. The molecule has 2 aromatic heterocycles. The smallest absolute Gasteiger partial charge is 0.0375 e. The molecular formula is C16H23N2Y-. The van der Waals surface area contributed by atoms with E-state index in [2.05, 4.69) is 35.9 Å². The fraction of sp³-hybridized carbons (Fsp3) is 0.375. The van der Waals surface area contributed by atoms with Gasteiger partial charge in [-0.15, -0.1) is 6.92 Å². The van der Waals surface area contributed by atoms with Crippen molar-refractivity contribution in [2.45, 2.75) is 42.0 Å². The first-order chi connectivity index (χ1) is 7.99. The Morgan fingerprint density at radius 1 is 0.895 bits per heavy atom. The number of pyridine rings is 2. The first-order valence-electron chi connectivity index (χ1n) is 5.70. The van der Waals surface area contributed by atoms with Crippen molar-refractivity contribution in [3.63, 3.8) is 0 Å². The molecule has 0 N–H and O–H groups in total. The molecule has 0 spiro atoms. The molecule has 2 nitrogen and oxygen atoms in total. The van der Waals surface area contributed by atoms with Crippen LogP contribution in [-0.4, -0.2) is 9.97 Å². The van der Waals surface area contributed by atoms with Gasteiger partial charge in [0.15, 0.2) is 0 Å². The van der Waals surface area contributed by atoms with E-state index in [-0.39, 0.29) is 40.1 Å². The molecule has 19 heavy (non-hydrogen) atoms. The summed E-state index contributed by atoms with van der Waals surface area (Å²) in [5.74, 6) is 0. The zero-order valence-electron chi connectivity index (χ0n) is 11.8. The minimum Gasteiger partial charge on any atom is -0.301 e. The Hall–Kier alpha value is -0.596. The molecule has 0 fully saturated rings. The van der Waals surface area contributed by atoms with E-state index >= 15 is 0 Å². The van der Waals surface area contributed by atoms with E-state index in [1.54, 1.807) is 0 Å². The molecule has 0 aliphatic carbocycles. The van der Waals surface area contributed by atoms with Gasteiger partial charge in [0.05, 0.1) is 0 Å². The summed E-state index contributed by atoms with van der Waals surface area (Å²) in [5.41, 5.74) is 5.80. The summed E-state index contributed by atoms with van der Waals surface area (Å²) >= 11 is 0. The number of rotatable bonds is 0. The van der Waals surface area contributed by atoms with Gasteiger partial charge in [0.1, 0.15) is 0 Å². The van der Waals surface area contributed by atoms with Gasteiger partial charge in [-0.25, -0.2) is 12.1 Å². The molecule has 0 aromatic carbocycles. The van der Waals surface area contributed by atoms with Gasteiger partial charge in [-0.2, -0.15) is 5.56 Å². The van der Waals surface area contributed by atoms with Gasteiger partial charge in [-0.05, 0) is 44.9 Å². The van der Waals surface area contributed by atoms with E-state index in [4.69, 9.17) is 0 Å². The van der Waals surface area contributed by atoms with E-state index in [1.165, 1.54) is 11.1 Å². The summed E-state index contributed by atoms with van der Waals surface area (Å²) in [6.45, 7) is 10.1. The van der Waals surface area contributed by atoms with Crippen LogP contribution in [0.4, 0.5) is 0 Å². The van der Waals surface area contributed by atoms with Gasteiger partial charge < -0.3 is 4.98 Å². The monoisotopic (exact) mass is 332 g/mol. The maximum Gasteiger partial charge on any atom is 0.0375 e. The fourth-order valence-corrected chi connectivity index (χ4v) is 1.26. The molecule has 2 heterocycles. The van der Waals surface area contributed by atoms with Gasteiger partial charge >= 0.3 is 0 Å². The molecule has 0 unspecified atom stereocenters. The van der Waals surface area contributed by atoms with Crippen LogP contribution < -0.4 is 0 Å². The van der Waals surface area contributed by atoms with Crippen molar-refractivity contribution in [2.75, 3.05) is 0 Å². The van der Waals surface area contributed by atoms with Crippen LogP contribution in [0.2, 0.25) is 0 Å². The average molecular weight is 332 g/mol. The summed E-state index contributed by atoms with van der Waals surface area (Å²) in [5, 5.41) is 0. The molecule has 0 amide bonds. The van der Waals surface area contributed by atoms with Crippen molar-refractivity contribution >= 4 is 0 Å². The Balaban J connectivity index is 0. The number of nitrogens with zero attached hydrogens (tertiary/aromatic N) is 2. The molecule has 101 valence electrons.